The molecule has 0 spiro atoms. The van der Waals surface area contributed by atoms with Crippen molar-refractivity contribution in [3.8, 4) is 11.1 Å². The molecule has 1 heterocycles. The van der Waals surface area contributed by atoms with Gasteiger partial charge >= 0.3 is 6.18 Å². The second-order valence-corrected chi connectivity index (χ2v) is 3.89. The summed E-state index contributed by atoms with van der Waals surface area (Å²) in [6.45, 7) is 0. The molecule has 0 aliphatic rings. The van der Waals surface area contributed by atoms with E-state index in [1.54, 1.807) is 36.7 Å². The lowest BCUT2D eigenvalue weighted by Crippen LogP contribution is -2.28. The van der Waals surface area contributed by atoms with Gasteiger partial charge in [0, 0.05) is 12.4 Å². The topological polar surface area (TPSA) is 38.9 Å². The van der Waals surface area contributed by atoms with E-state index >= 15 is 0 Å². The highest BCUT2D eigenvalue weighted by Crippen LogP contribution is 2.32. The molecule has 2 N–H and O–H groups in total. The van der Waals surface area contributed by atoms with Crippen molar-refractivity contribution in [1.82, 2.24) is 4.98 Å². The molecule has 2 aromatic rings. The number of hydrogen-bond donors (Lipinski definition) is 1. The van der Waals surface area contributed by atoms with E-state index < -0.39 is 12.2 Å². The molecule has 0 amide bonds. The summed E-state index contributed by atoms with van der Waals surface area (Å²) in [6.07, 6.45) is -1.24. The summed E-state index contributed by atoms with van der Waals surface area (Å²) in [5.74, 6) is 0. The quantitative estimate of drug-likeness (QED) is 0.890. The maximum absolute atomic E-state index is 12.5. The lowest BCUT2D eigenvalue weighted by Gasteiger charge is -2.16. The fourth-order valence-corrected chi connectivity index (χ4v) is 1.63. The first-order valence-corrected chi connectivity index (χ1v) is 5.31. The summed E-state index contributed by atoms with van der Waals surface area (Å²) >= 11 is 0. The first-order valence-electron chi connectivity index (χ1n) is 5.31. The molecule has 0 saturated heterocycles. The maximum Gasteiger partial charge on any atom is 0.407 e. The summed E-state index contributed by atoms with van der Waals surface area (Å²) in [5, 5.41) is 0. The minimum absolute atomic E-state index is 0.0452. The number of nitrogens with zero attached hydrogens (tertiary/aromatic N) is 1. The summed E-state index contributed by atoms with van der Waals surface area (Å²) in [5.41, 5.74) is 6.65. The summed E-state index contributed by atoms with van der Waals surface area (Å²) in [6, 6.07) is 7.64. The molecule has 1 aromatic carbocycles. The highest BCUT2D eigenvalue weighted by Gasteiger charge is 2.37. The summed E-state index contributed by atoms with van der Waals surface area (Å²) in [4.78, 5) is 3.93. The van der Waals surface area contributed by atoms with E-state index in [0.717, 1.165) is 5.56 Å². The molecule has 18 heavy (non-hydrogen) atoms. The fourth-order valence-electron chi connectivity index (χ4n) is 1.63. The molecule has 5 heteroatoms. The van der Waals surface area contributed by atoms with Crippen LogP contribution in [0.1, 0.15) is 11.6 Å². The average molecular weight is 252 g/mol. The van der Waals surface area contributed by atoms with Crippen LogP contribution in [-0.2, 0) is 0 Å². The normalized spacial score (nSPS) is 13.3. The van der Waals surface area contributed by atoms with Crippen LogP contribution in [0.2, 0.25) is 0 Å². The zero-order valence-corrected chi connectivity index (χ0v) is 9.35. The molecule has 0 radical (unpaired) electrons. The lowest BCUT2D eigenvalue weighted by atomic mass is 10.0. The van der Waals surface area contributed by atoms with Crippen LogP contribution in [0.25, 0.3) is 11.1 Å². The van der Waals surface area contributed by atoms with Gasteiger partial charge in [-0.15, -0.1) is 0 Å². The first kappa shape index (κ1) is 12.6. The molecule has 2 nitrogen and oxygen atoms in total. The van der Waals surface area contributed by atoms with Crippen LogP contribution in [0.5, 0.6) is 0 Å². The second-order valence-electron chi connectivity index (χ2n) is 3.89. The van der Waals surface area contributed by atoms with E-state index in [2.05, 4.69) is 4.98 Å². The van der Waals surface area contributed by atoms with E-state index in [1.807, 2.05) is 0 Å². The summed E-state index contributed by atoms with van der Waals surface area (Å²) in [7, 11) is 0. The number of aromatic nitrogens is 1. The molecule has 0 saturated carbocycles. The van der Waals surface area contributed by atoms with Crippen LogP contribution in [0.15, 0.2) is 48.8 Å². The van der Waals surface area contributed by atoms with Gasteiger partial charge in [0.25, 0.3) is 0 Å². The van der Waals surface area contributed by atoms with E-state index in [1.165, 1.54) is 12.1 Å². The fraction of sp³-hybridized carbons (Fsp3) is 0.154. The smallest absolute Gasteiger partial charge is 0.316 e. The van der Waals surface area contributed by atoms with Crippen molar-refractivity contribution < 1.29 is 13.2 Å². The Balaban J connectivity index is 2.37. The molecule has 0 fully saturated rings. The van der Waals surface area contributed by atoms with E-state index in [-0.39, 0.29) is 5.56 Å². The number of benzene rings is 1. The number of rotatable bonds is 2. The molecule has 0 unspecified atom stereocenters. The van der Waals surface area contributed by atoms with Gasteiger partial charge in [0.1, 0.15) is 6.04 Å². The van der Waals surface area contributed by atoms with Crippen molar-refractivity contribution in [2.75, 3.05) is 0 Å². The Hall–Kier alpha value is -1.88. The Kier molecular flexibility index (Phi) is 3.34. The molecule has 0 bridgehead atoms. The minimum Gasteiger partial charge on any atom is -0.316 e. The Morgan fingerprint density at radius 3 is 2.39 bits per heavy atom. The standard InChI is InChI=1S/C13H11F3N2/c14-13(15,16)12(17)10-4-1-3-9(7-10)11-5-2-6-18-8-11/h1-8,12H,17H2/t12-/m0/s1. The third-order valence-corrected chi connectivity index (χ3v) is 2.59. The molecule has 1 atom stereocenters. The SMILES string of the molecule is N[C@@H](c1cccc(-c2cccnc2)c1)C(F)(F)F. The monoisotopic (exact) mass is 252 g/mol. The van der Waals surface area contributed by atoms with Gasteiger partial charge in [-0.3, -0.25) is 4.98 Å². The third-order valence-electron chi connectivity index (χ3n) is 2.59. The predicted octanol–water partition coefficient (Wildman–Crippen LogP) is 3.31. The van der Waals surface area contributed by atoms with E-state index in [4.69, 9.17) is 5.73 Å². The Morgan fingerprint density at radius 2 is 1.78 bits per heavy atom. The van der Waals surface area contributed by atoms with Crippen molar-refractivity contribution in [3.63, 3.8) is 0 Å². The molecular formula is C13H11F3N2. The van der Waals surface area contributed by atoms with E-state index in [9.17, 15) is 13.2 Å². The van der Waals surface area contributed by atoms with Gasteiger partial charge in [-0.1, -0.05) is 24.3 Å². The predicted molar refractivity (Wildman–Crippen MR) is 62.7 cm³/mol. The van der Waals surface area contributed by atoms with Gasteiger partial charge in [-0.25, -0.2) is 0 Å². The third kappa shape index (κ3) is 2.68. The Bertz CT molecular complexity index is 523. The van der Waals surface area contributed by atoms with E-state index in [0.29, 0.717) is 5.56 Å². The second kappa shape index (κ2) is 4.78. The van der Waals surface area contributed by atoms with Gasteiger partial charge < -0.3 is 5.73 Å². The van der Waals surface area contributed by atoms with Crippen LogP contribution in [0, 0.1) is 0 Å². The molecule has 94 valence electrons. The summed E-state index contributed by atoms with van der Waals surface area (Å²) < 4.78 is 37.6. The minimum atomic E-state index is -4.44. The van der Waals surface area contributed by atoms with Crippen LogP contribution >= 0.6 is 0 Å². The number of halogens is 3. The van der Waals surface area contributed by atoms with Crippen molar-refractivity contribution in [1.29, 1.82) is 0 Å². The zero-order chi connectivity index (χ0) is 13.2. The zero-order valence-electron chi connectivity index (χ0n) is 9.35. The molecular weight excluding hydrogens is 241 g/mol. The number of hydrogen-bond acceptors (Lipinski definition) is 2. The molecule has 1 aromatic heterocycles. The first-order chi connectivity index (χ1) is 8.48. The van der Waals surface area contributed by atoms with Crippen LogP contribution in [0.3, 0.4) is 0 Å². The van der Waals surface area contributed by atoms with Crippen molar-refractivity contribution in [2.24, 2.45) is 5.73 Å². The highest BCUT2D eigenvalue weighted by molar-refractivity contribution is 5.63. The van der Waals surface area contributed by atoms with Gasteiger partial charge in [-0.05, 0) is 28.8 Å². The average Bonchev–Trinajstić information content (AvgIpc) is 2.38. The maximum atomic E-state index is 12.5. The van der Waals surface area contributed by atoms with Gasteiger partial charge in [0.15, 0.2) is 0 Å². The molecule has 2 rings (SSSR count). The van der Waals surface area contributed by atoms with Crippen molar-refractivity contribution in [2.45, 2.75) is 12.2 Å². The van der Waals surface area contributed by atoms with Crippen LogP contribution in [0.4, 0.5) is 13.2 Å². The van der Waals surface area contributed by atoms with Crippen molar-refractivity contribution >= 4 is 0 Å². The highest BCUT2D eigenvalue weighted by atomic mass is 19.4. The van der Waals surface area contributed by atoms with Gasteiger partial charge in [-0.2, -0.15) is 13.2 Å². The van der Waals surface area contributed by atoms with Crippen LogP contribution < -0.4 is 5.73 Å². The number of alkyl halides is 3. The van der Waals surface area contributed by atoms with Gasteiger partial charge in [0.2, 0.25) is 0 Å². The Labute approximate surface area is 102 Å². The number of nitrogens with two attached hydrogens (primary N) is 1. The largest absolute Gasteiger partial charge is 0.407 e. The molecule has 0 aliphatic heterocycles. The van der Waals surface area contributed by atoms with Gasteiger partial charge in [0.05, 0.1) is 0 Å². The van der Waals surface area contributed by atoms with Crippen LogP contribution in [-0.4, -0.2) is 11.2 Å². The molecule has 0 aliphatic carbocycles. The van der Waals surface area contributed by atoms with Crippen molar-refractivity contribution in [3.05, 3.63) is 54.4 Å². The lowest BCUT2D eigenvalue weighted by molar-refractivity contribution is -0.149. The number of pyridine rings is 1. The Morgan fingerprint density at radius 1 is 1.06 bits per heavy atom.